The SMILES string of the molecule is CNCCCN(C)CC(=O)c1cc(C)sc1C. The number of hydrogen-bond acceptors (Lipinski definition) is 4. The van der Waals surface area contributed by atoms with Crippen LogP contribution in [0, 0.1) is 13.8 Å². The number of thiophene rings is 1. The quantitative estimate of drug-likeness (QED) is 0.597. The van der Waals surface area contributed by atoms with E-state index in [1.54, 1.807) is 11.3 Å². The summed E-state index contributed by atoms with van der Waals surface area (Å²) in [4.78, 5) is 16.5. The predicted octanol–water partition coefficient (Wildman–Crippen LogP) is 2.09. The van der Waals surface area contributed by atoms with E-state index < -0.39 is 0 Å². The summed E-state index contributed by atoms with van der Waals surface area (Å²) in [6, 6.07) is 2.00. The predicted molar refractivity (Wildman–Crippen MR) is 74.2 cm³/mol. The average Bonchev–Trinajstić information content (AvgIpc) is 2.58. The number of likely N-dealkylation sites (N-methyl/N-ethyl adjacent to an activating group) is 1. The van der Waals surface area contributed by atoms with Crippen LogP contribution >= 0.6 is 11.3 Å². The molecule has 4 heteroatoms. The molecule has 0 aliphatic heterocycles. The molecule has 1 aromatic rings. The second-order valence-corrected chi connectivity index (χ2v) is 5.91. The van der Waals surface area contributed by atoms with Crippen molar-refractivity contribution in [2.24, 2.45) is 0 Å². The van der Waals surface area contributed by atoms with Gasteiger partial charge in [0.05, 0.1) is 6.54 Å². The fraction of sp³-hybridized carbons (Fsp3) is 0.615. The molecule has 17 heavy (non-hydrogen) atoms. The van der Waals surface area contributed by atoms with Crippen molar-refractivity contribution in [3.8, 4) is 0 Å². The fourth-order valence-corrected chi connectivity index (χ4v) is 2.79. The van der Waals surface area contributed by atoms with Crippen LogP contribution in [0.1, 0.15) is 26.5 Å². The van der Waals surface area contributed by atoms with Crippen molar-refractivity contribution in [1.29, 1.82) is 0 Å². The molecular formula is C13H22N2OS. The molecule has 0 saturated heterocycles. The second-order valence-electron chi connectivity index (χ2n) is 4.44. The van der Waals surface area contributed by atoms with Gasteiger partial charge in [-0.25, -0.2) is 0 Å². The number of rotatable bonds is 7. The van der Waals surface area contributed by atoms with Gasteiger partial charge < -0.3 is 5.32 Å². The smallest absolute Gasteiger partial charge is 0.177 e. The summed E-state index contributed by atoms with van der Waals surface area (Å²) >= 11 is 1.70. The third-order valence-corrected chi connectivity index (χ3v) is 3.69. The Morgan fingerprint density at radius 3 is 2.71 bits per heavy atom. The number of hydrogen-bond donors (Lipinski definition) is 1. The minimum atomic E-state index is 0.235. The Hall–Kier alpha value is -0.710. The van der Waals surface area contributed by atoms with Gasteiger partial charge in [-0.05, 0) is 53.5 Å². The first-order chi connectivity index (χ1) is 8.04. The molecule has 1 heterocycles. The lowest BCUT2D eigenvalue weighted by atomic mass is 10.1. The molecule has 0 bridgehead atoms. The maximum Gasteiger partial charge on any atom is 0.177 e. The van der Waals surface area contributed by atoms with E-state index in [0.717, 1.165) is 30.0 Å². The van der Waals surface area contributed by atoms with E-state index in [-0.39, 0.29) is 5.78 Å². The first kappa shape index (κ1) is 14.4. The summed E-state index contributed by atoms with van der Waals surface area (Å²) in [5, 5.41) is 3.11. The molecule has 1 rings (SSSR count). The molecule has 0 saturated carbocycles. The molecule has 3 nitrogen and oxygen atoms in total. The molecule has 0 spiro atoms. The maximum absolute atomic E-state index is 12.1. The zero-order valence-corrected chi connectivity index (χ0v) is 12.0. The van der Waals surface area contributed by atoms with Gasteiger partial charge in [0, 0.05) is 15.3 Å². The number of carbonyl (C=O) groups excluding carboxylic acids is 1. The van der Waals surface area contributed by atoms with Crippen LogP contribution < -0.4 is 5.32 Å². The molecule has 96 valence electrons. The van der Waals surface area contributed by atoms with Gasteiger partial charge in [-0.1, -0.05) is 0 Å². The van der Waals surface area contributed by atoms with Crippen molar-refractivity contribution < 1.29 is 4.79 Å². The number of nitrogens with zero attached hydrogens (tertiary/aromatic N) is 1. The van der Waals surface area contributed by atoms with Gasteiger partial charge in [0.2, 0.25) is 0 Å². The summed E-state index contributed by atoms with van der Waals surface area (Å²) in [5.74, 6) is 0.235. The van der Waals surface area contributed by atoms with Crippen LogP contribution in [0.2, 0.25) is 0 Å². The van der Waals surface area contributed by atoms with E-state index in [0.29, 0.717) is 6.54 Å². The van der Waals surface area contributed by atoms with Crippen LogP contribution in [0.4, 0.5) is 0 Å². The molecule has 1 aromatic heterocycles. The molecule has 0 amide bonds. The molecule has 0 aliphatic rings. The Bertz CT molecular complexity index is 373. The van der Waals surface area contributed by atoms with Gasteiger partial charge in [0.15, 0.2) is 5.78 Å². The minimum absolute atomic E-state index is 0.235. The van der Waals surface area contributed by atoms with Crippen molar-refractivity contribution in [2.45, 2.75) is 20.3 Å². The molecule has 0 aliphatic carbocycles. The van der Waals surface area contributed by atoms with E-state index in [4.69, 9.17) is 0 Å². The number of carbonyl (C=O) groups is 1. The highest BCUT2D eigenvalue weighted by molar-refractivity contribution is 7.12. The van der Waals surface area contributed by atoms with Gasteiger partial charge in [0.25, 0.3) is 0 Å². The largest absolute Gasteiger partial charge is 0.320 e. The molecule has 0 unspecified atom stereocenters. The first-order valence-electron chi connectivity index (χ1n) is 5.98. The van der Waals surface area contributed by atoms with E-state index in [9.17, 15) is 4.79 Å². The normalized spacial score (nSPS) is 11.1. The lowest BCUT2D eigenvalue weighted by molar-refractivity contribution is 0.0945. The number of Topliss-reactive ketones (excluding diaryl/α,β-unsaturated/α-hetero) is 1. The van der Waals surface area contributed by atoms with Crippen LogP contribution in [-0.2, 0) is 0 Å². The van der Waals surface area contributed by atoms with Gasteiger partial charge in [0.1, 0.15) is 0 Å². The van der Waals surface area contributed by atoms with Gasteiger partial charge in [-0.15, -0.1) is 11.3 Å². The van der Waals surface area contributed by atoms with Gasteiger partial charge in [-0.2, -0.15) is 0 Å². The Morgan fingerprint density at radius 1 is 1.47 bits per heavy atom. The third-order valence-electron chi connectivity index (χ3n) is 2.72. The molecular weight excluding hydrogens is 232 g/mol. The van der Waals surface area contributed by atoms with Crippen molar-refractivity contribution in [3.63, 3.8) is 0 Å². The topological polar surface area (TPSA) is 32.3 Å². The van der Waals surface area contributed by atoms with Gasteiger partial charge in [-0.3, -0.25) is 9.69 Å². The highest BCUT2D eigenvalue weighted by Gasteiger charge is 2.13. The summed E-state index contributed by atoms with van der Waals surface area (Å²) in [6.07, 6.45) is 1.07. The Kier molecular flexibility index (Phi) is 5.82. The van der Waals surface area contributed by atoms with E-state index in [1.165, 1.54) is 4.88 Å². The van der Waals surface area contributed by atoms with Crippen LogP contribution in [0.15, 0.2) is 6.07 Å². The molecule has 0 aromatic carbocycles. The minimum Gasteiger partial charge on any atom is -0.320 e. The zero-order chi connectivity index (χ0) is 12.8. The summed E-state index contributed by atoms with van der Waals surface area (Å²) < 4.78 is 0. The van der Waals surface area contributed by atoms with E-state index in [2.05, 4.69) is 10.2 Å². The number of nitrogens with one attached hydrogen (secondary N) is 1. The first-order valence-corrected chi connectivity index (χ1v) is 6.79. The van der Waals surface area contributed by atoms with Crippen molar-refractivity contribution in [1.82, 2.24) is 10.2 Å². The van der Waals surface area contributed by atoms with E-state index in [1.807, 2.05) is 34.0 Å². The number of aryl methyl sites for hydroxylation is 2. The second kappa shape index (κ2) is 6.89. The zero-order valence-electron chi connectivity index (χ0n) is 11.2. The van der Waals surface area contributed by atoms with Crippen LogP contribution in [0.25, 0.3) is 0 Å². The maximum atomic E-state index is 12.1. The standard InChI is InChI=1S/C13H22N2OS/c1-10-8-12(11(2)17-10)13(16)9-15(4)7-5-6-14-3/h8,14H,5-7,9H2,1-4H3. The Morgan fingerprint density at radius 2 is 2.18 bits per heavy atom. The molecule has 0 atom stereocenters. The average molecular weight is 254 g/mol. The van der Waals surface area contributed by atoms with Gasteiger partial charge >= 0.3 is 0 Å². The summed E-state index contributed by atoms with van der Waals surface area (Å²) in [7, 11) is 3.95. The number of ketones is 1. The van der Waals surface area contributed by atoms with Crippen molar-refractivity contribution in [3.05, 3.63) is 21.4 Å². The fourth-order valence-electron chi connectivity index (χ4n) is 1.84. The highest BCUT2D eigenvalue weighted by Crippen LogP contribution is 2.21. The Labute approximate surface area is 108 Å². The molecule has 1 N–H and O–H groups in total. The summed E-state index contributed by atoms with van der Waals surface area (Å²) in [5.41, 5.74) is 0.896. The van der Waals surface area contributed by atoms with Crippen LogP contribution in [-0.4, -0.2) is 44.4 Å². The highest BCUT2D eigenvalue weighted by atomic mass is 32.1. The lowest BCUT2D eigenvalue weighted by Gasteiger charge is -2.15. The summed E-state index contributed by atoms with van der Waals surface area (Å²) in [6.45, 7) is 6.53. The third kappa shape index (κ3) is 4.58. The van der Waals surface area contributed by atoms with Crippen molar-refractivity contribution >= 4 is 17.1 Å². The molecule has 0 radical (unpaired) electrons. The monoisotopic (exact) mass is 254 g/mol. The van der Waals surface area contributed by atoms with Crippen molar-refractivity contribution in [2.75, 3.05) is 33.7 Å². The van der Waals surface area contributed by atoms with Crippen LogP contribution in [0.5, 0.6) is 0 Å². The van der Waals surface area contributed by atoms with E-state index >= 15 is 0 Å². The lowest BCUT2D eigenvalue weighted by Crippen LogP contribution is -2.28. The van der Waals surface area contributed by atoms with Crippen LogP contribution in [0.3, 0.4) is 0 Å². The molecule has 0 fully saturated rings. The Balaban J connectivity index is 2.46.